The van der Waals surface area contributed by atoms with Crippen LogP contribution >= 0.6 is 11.3 Å². The first-order valence-corrected chi connectivity index (χ1v) is 10.3. The summed E-state index contributed by atoms with van der Waals surface area (Å²) in [5.74, 6) is -0.600. The van der Waals surface area contributed by atoms with Crippen molar-refractivity contribution in [2.45, 2.75) is 32.9 Å². The van der Waals surface area contributed by atoms with E-state index in [2.05, 4.69) is 20.3 Å². The molecule has 2 aromatic heterocycles. The van der Waals surface area contributed by atoms with E-state index in [1.807, 2.05) is 13.8 Å². The van der Waals surface area contributed by atoms with E-state index >= 15 is 0 Å². The van der Waals surface area contributed by atoms with E-state index in [9.17, 15) is 9.59 Å². The van der Waals surface area contributed by atoms with Crippen LogP contribution in [0.1, 0.15) is 35.6 Å². The molecule has 1 aliphatic heterocycles. The van der Waals surface area contributed by atoms with Gasteiger partial charge in [-0.1, -0.05) is 19.9 Å². The van der Waals surface area contributed by atoms with Crippen molar-refractivity contribution < 1.29 is 9.59 Å². The summed E-state index contributed by atoms with van der Waals surface area (Å²) in [4.78, 5) is 40.4. The molecule has 4 N–H and O–H groups in total. The van der Waals surface area contributed by atoms with E-state index in [0.717, 1.165) is 4.88 Å². The fraction of sp³-hybridized carbons (Fsp3) is 0.400. The van der Waals surface area contributed by atoms with Crippen LogP contribution in [-0.4, -0.2) is 58.4 Å². The Hall–Kier alpha value is -2.98. The minimum atomic E-state index is -0.838. The van der Waals surface area contributed by atoms with Crippen molar-refractivity contribution in [2.24, 2.45) is 16.1 Å². The van der Waals surface area contributed by atoms with Gasteiger partial charge in [0.2, 0.25) is 5.91 Å². The Morgan fingerprint density at radius 3 is 2.87 bits per heavy atom. The SMILES string of the molecule is CN=CC(NC(=O)c1cccc(-c2ncc(CN)s2)n1)C(=N)N1CCC(C)(C)C1=O. The van der Waals surface area contributed by atoms with Crippen molar-refractivity contribution in [1.29, 1.82) is 5.41 Å². The van der Waals surface area contributed by atoms with E-state index in [-0.39, 0.29) is 17.4 Å². The van der Waals surface area contributed by atoms with Gasteiger partial charge in [-0.2, -0.15) is 0 Å². The maximum absolute atomic E-state index is 12.8. The summed E-state index contributed by atoms with van der Waals surface area (Å²) in [6.07, 6.45) is 3.79. The largest absolute Gasteiger partial charge is 0.336 e. The van der Waals surface area contributed by atoms with Crippen LogP contribution in [-0.2, 0) is 11.3 Å². The molecule has 1 fully saturated rings. The second-order valence-corrected chi connectivity index (χ2v) is 8.69. The minimum Gasteiger partial charge on any atom is -0.336 e. The smallest absolute Gasteiger partial charge is 0.270 e. The molecule has 0 bridgehead atoms. The number of carbonyl (C=O) groups is 2. The van der Waals surface area contributed by atoms with Gasteiger partial charge in [-0.05, 0) is 18.6 Å². The number of amidine groups is 1. The maximum Gasteiger partial charge on any atom is 0.270 e. The number of nitrogens with one attached hydrogen (secondary N) is 2. The molecular formula is C20H25N7O2S. The van der Waals surface area contributed by atoms with E-state index < -0.39 is 17.4 Å². The molecule has 0 spiro atoms. The number of nitrogens with zero attached hydrogens (tertiary/aromatic N) is 4. The number of pyridine rings is 1. The van der Waals surface area contributed by atoms with Crippen LogP contribution < -0.4 is 11.1 Å². The molecule has 1 unspecified atom stereocenters. The number of nitrogens with two attached hydrogens (primary N) is 1. The Labute approximate surface area is 178 Å². The first-order valence-electron chi connectivity index (χ1n) is 9.52. The van der Waals surface area contributed by atoms with Crippen molar-refractivity contribution in [3.8, 4) is 10.7 Å². The third-order valence-electron chi connectivity index (χ3n) is 4.91. The molecule has 1 saturated heterocycles. The second kappa shape index (κ2) is 8.80. The Morgan fingerprint density at radius 2 is 2.27 bits per heavy atom. The lowest BCUT2D eigenvalue weighted by atomic mass is 9.92. The fourth-order valence-corrected chi connectivity index (χ4v) is 3.86. The lowest BCUT2D eigenvalue weighted by Crippen LogP contribution is -2.50. The Balaban J connectivity index is 1.78. The highest BCUT2D eigenvalue weighted by atomic mass is 32.1. The highest BCUT2D eigenvalue weighted by Crippen LogP contribution is 2.31. The lowest BCUT2D eigenvalue weighted by Gasteiger charge is -2.24. The third kappa shape index (κ3) is 4.44. The number of rotatable bonds is 6. The number of hydrogen-bond acceptors (Lipinski definition) is 8. The molecule has 1 atom stereocenters. The summed E-state index contributed by atoms with van der Waals surface area (Å²) in [6.45, 7) is 4.54. The number of carbonyl (C=O) groups excluding carboxylic acids is 2. The van der Waals surface area contributed by atoms with Crippen LogP contribution in [0.15, 0.2) is 29.4 Å². The molecule has 2 aromatic rings. The van der Waals surface area contributed by atoms with Gasteiger partial charge >= 0.3 is 0 Å². The normalized spacial score (nSPS) is 16.8. The molecular weight excluding hydrogens is 402 g/mol. The van der Waals surface area contributed by atoms with Gasteiger partial charge < -0.3 is 11.1 Å². The van der Waals surface area contributed by atoms with Crippen LogP contribution in [0.2, 0.25) is 0 Å². The summed E-state index contributed by atoms with van der Waals surface area (Å²) >= 11 is 1.42. The van der Waals surface area contributed by atoms with E-state index in [4.69, 9.17) is 11.1 Å². The number of hydrogen-bond donors (Lipinski definition) is 3. The Morgan fingerprint density at radius 1 is 1.50 bits per heavy atom. The highest BCUT2D eigenvalue weighted by Gasteiger charge is 2.41. The molecule has 0 aliphatic carbocycles. The first-order chi connectivity index (χ1) is 14.3. The molecule has 1 aliphatic rings. The van der Waals surface area contributed by atoms with Crippen molar-refractivity contribution >= 4 is 35.2 Å². The fourth-order valence-electron chi connectivity index (χ4n) is 3.10. The van der Waals surface area contributed by atoms with E-state index in [1.165, 1.54) is 22.5 Å². The van der Waals surface area contributed by atoms with E-state index in [0.29, 0.717) is 30.2 Å². The second-order valence-electron chi connectivity index (χ2n) is 7.58. The predicted molar refractivity (Wildman–Crippen MR) is 117 cm³/mol. The Bertz CT molecular complexity index is 999. The molecule has 0 radical (unpaired) electrons. The predicted octanol–water partition coefficient (Wildman–Crippen LogP) is 1.70. The summed E-state index contributed by atoms with van der Waals surface area (Å²) in [5, 5.41) is 11.9. The van der Waals surface area contributed by atoms with Crippen molar-refractivity contribution in [1.82, 2.24) is 20.2 Å². The molecule has 2 amide bonds. The molecule has 10 heteroatoms. The maximum atomic E-state index is 12.8. The van der Waals surface area contributed by atoms with E-state index in [1.54, 1.807) is 31.4 Å². The van der Waals surface area contributed by atoms with Crippen molar-refractivity contribution in [3.05, 3.63) is 35.0 Å². The molecule has 158 valence electrons. The van der Waals surface area contributed by atoms with Crippen molar-refractivity contribution in [3.63, 3.8) is 0 Å². The number of thiazole rings is 1. The zero-order valence-electron chi connectivity index (χ0n) is 17.2. The van der Waals surface area contributed by atoms with Gasteiger partial charge in [-0.3, -0.25) is 24.9 Å². The molecule has 3 heterocycles. The highest BCUT2D eigenvalue weighted by molar-refractivity contribution is 7.14. The number of likely N-dealkylation sites (tertiary alicyclic amines) is 1. The van der Waals surface area contributed by atoms with Crippen LogP contribution in [0.25, 0.3) is 10.7 Å². The monoisotopic (exact) mass is 427 g/mol. The van der Waals surface area contributed by atoms with Crippen LogP contribution in [0, 0.1) is 10.8 Å². The molecule has 9 nitrogen and oxygen atoms in total. The average molecular weight is 428 g/mol. The number of aliphatic imine (C=N–C) groups is 1. The molecule has 30 heavy (non-hydrogen) atoms. The van der Waals surface area contributed by atoms with Gasteiger partial charge in [-0.25, -0.2) is 9.97 Å². The number of aromatic nitrogens is 2. The zero-order valence-corrected chi connectivity index (χ0v) is 18.0. The minimum absolute atomic E-state index is 0.00630. The van der Waals surface area contributed by atoms with Gasteiger partial charge in [0.1, 0.15) is 22.6 Å². The Kier molecular flexibility index (Phi) is 6.37. The lowest BCUT2D eigenvalue weighted by molar-refractivity contribution is -0.131. The summed E-state index contributed by atoms with van der Waals surface area (Å²) in [7, 11) is 1.55. The zero-order chi connectivity index (χ0) is 21.9. The van der Waals surface area contributed by atoms with Crippen molar-refractivity contribution in [2.75, 3.05) is 13.6 Å². The molecule has 0 saturated carbocycles. The van der Waals surface area contributed by atoms with Crippen LogP contribution in [0.3, 0.4) is 0 Å². The summed E-state index contributed by atoms with van der Waals surface area (Å²) in [6, 6.07) is 4.24. The third-order valence-corrected chi connectivity index (χ3v) is 5.95. The van der Waals surface area contributed by atoms with Gasteiger partial charge in [-0.15, -0.1) is 11.3 Å². The van der Waals surface area contributed by atoms with Gasteiger partial charge in [0, 0.05) is 42.8 Å². The topological polar surface area (TPSA) is 137 Å². The van der Waals surface area contributed by atoms with Gasteiger partial charge in [0.25, 0.3) is 5.91 Å². The summed E-state index contributed by atoms with van der Waals surface area (Å²) in [5.41, 5.74) is 5.87. The summed E-state index contributed by atoms with van der Waals surface area (Å²) < 4.78 is 0. The van der Waals surface area contributed by atoms with Gasteiger partial charge in [0.15, 0.2) is 0 Å². The molecule has 3 rings (SSSR count). The number of amides is 2. The quantitative estimate of drug-likeness (QED) is 0.476. The van der Waals surface area contributed by atoms with Crippen LogP contribution in [0.5, 0.6) is 0 Å². The standard InChI is InChI=1S/C20H25N7O2S/c1-20(2)7-8-27(19(20)29)16(22)15(11-23-3)26-17(28)13-5-4-6-14(25-13)18-24-10-12(9-21)30-18/h4-6,10-11,15,22H,7-9,21H2,1-3H3,(H,26,28). The van der Waals surface area contributed by atoms with Crippen LogP contribution in [0.4, 0.5) is 0 Å². The van der Waals surface area contributed by atoms with Gasteiger partial charge in [0.05, 0.1) is 5.69 Å². The molecule has 0 aromatic carbocycles. The first kappa shape index (κ1) is 21.7. The average Bonchev–Trinajstić information content (AvgIpc) is 3.32.